The Hall–Kier alpha value is -3.07. The molecule has 0 aliphatic heterocycles. The Bertz CT molecular complexity index is 1640. The molecular formula is C68H121NO8P+. The molecule has 0 aliphatic rings. The van der Waals surface area contributed by atoms with E-state index < -0.39 is 26.5 Å². The van der Waals surface area contributed by atoms with Crippen LogP contribution in [0.15, 0.2) is 97.2 Å². The Morgan fingerprint density at radius 1 is 0.410 bits per heavy atom. The minimum Gasteiger partial charge on any atom is -0.462 e. The smallest absolute Gasteiger partial charge is 0.462 e. The molecule has 0 saturated carbocycles. The number of carbonyl (C=O) groups excluding carboxylic acids is 2. The topological polar surface area (TPSA) is 108 Å². The molecule has 0 rings (SSSR count). The highest BCUT2D eigenvalue weighted by Gasteiger charge is 2.27. The van der Waals surface area contributed by atoms with E-state index in [1.54, 1.807) is 0 Å². The Morgan fingerprint density at radius 3 is 1.09 bits per heavy atom. The van der Waals surface area contributed by atoms with Crippen LogP contribution in [0.3, 0.4) is 0 Å². The summed E-state index contributed by atoms with van der Waals surface area (Å²) in [4.78, 5) is 35.7. The molecule has 0 amide bonds. The monoisotopic (exact) mass is 1110 g/mol. The third kappa shape index (κ3) is 62.1. The van der Waals surface area contributed by atoms with Crippen LogP contribution in [0.2, 0.25) is 0 Å². The third-order valence-corrected chi connectivity index (χ3v) is 14.6. The summed E-state index contributed by atoms with van der Waals surface area (Å²) in [6.07, 6.45) is 80.6. The number of carbonyl (C=O) groups is 2. The van der Waals surface area contributed by atoms with Crippen molar-refractivity contribution in [3.05, 3.63) is 97.2 Å². The summed E-state index contributed by atoms with van der Waals surface area (Å²) in [7, 11) is 1.48. The van der Waals surface area contributed by atoms with Crippen LogP contribution in [-0.2, 0) is 32.7 Å². The number of rotatable bonds is 58. The number of nitrogens with zero attached hydrogens (tertiary/aromatic N) is 1. The second-order valence-electron chi connectivity index (χ2n) is 22.4. The molecule has 0 heterocycles. The summed E-state index contributed by atoms with van der Waals surface area (Å²) in [5, 5.41) is 0. The first kappa shape index (κ1) is 74.9. The van der Waals surface area contributed by atoms with Gasteiger partial charge in [-0.2, -0.15) is 0 Å². The zero-order valence-corrected chi connectivity index (χ0v) is 52.0. The number of esters is 2. The van der Waals surface area contributed by atoms with Gasteiger partial charge in [-0.1, -0.05) is 278 Å². The van der Waals surface area contributed by atoms with E-state index in [9.17, 15) is 19.0 Å². The van der Waals surface area contributed by atoms with E-state index in [1.165, 1.54) is 148 Å². The van der Waals surface area contributed by atoms with Crippen molar-refractivity contribution in [2.75, 3.05) is 47.5 Å². The van der Waals surface area contributed by atoms with Gasteiger partial charge in [0.05, 0.1) is 27.7 Å². The first-order chi connectivity index (χ1) is 38.0. The molecular weight excluding hydrogens is 990 g/mol. The number of phosphoric ester groups is 1. The summed E-state index contributed by atoms with van der Waals surface area (Å²) >= 11 is 0. The van der Waals surface area contributed by atoms with E-state index in [4.69, 9.17) is 18.5 Å². The minimum absolute atomic E-state index is 0.0297. The lowest BCUT2D eigenvalue weighted by Crippen LogP contribution is -2.37. The Balaban J connectivity index is 4.07. The van der Waals surface area contributed by atoms with Gasteiger partial charge in [-0.3, -0.25) is 18.6 Å². The largest absolute Gasteiger partial charge is 0.472 e. The number of ether oxygens (including phenoxy) is 2. The molecule has 0 spiro atoms. The van der Waals surface area contributed by atoms with Gasteiger partial charge in [0.25, 0.3) is 0 Å². The van der Waals surface area contributed by atoms with E-state index in [0.717, 1.165) is 89.9 Å². The molecule has 78 heavy (non-hydrogen) atoms. The van der Waals surface area contributed by atoms with Crippen molar-refractivity contribution in [2.24, 2.45) is 0 Å². The van der Waals surface area contributed by atoms with E-state index in [-0.39, 0.29) is 32.0 Å². The molecule has 0 aliphatic carbocycles. The lowest BCUT2D eigenvalue weighted by atomic mass is 10.0. The molecule has 0 fully saturated rings. The van der Waals surface area contributed by atoms with E-state index >= 15 is 0 Å². The molecule has 0 aromatic carbocycles. The maximum atomic E-state index is 12.8. The second-order valence-corrected chi connectivity index (χ2v) is 23.9. The minimum atomic E-state index is -4.39. The van der Waals surface area contributed by atoms with Gasteiger partial charge in [-0.25, -0.2) is 4.57 Å². The number of allylic oxidation sites excluding steroid dienone is 16. The number of hydrogen-bond donors (Lipinski definition) is 1. The van der Waals surface area contributed by atoms with Gasteiger partial charge in [0.2, 0.25) is 0 Å². The molecule has 0 radical (unpaired) electrons. The second kappa shape index (κ2) is 58.6. The van der Waals surface area contributed by atoms with Crippen LogP contribution in [0.5, 0.6) is 0 Å². The molecule has 0 saturated heterocycles. The Kier molecular flexibility index (Phi) is 56.3. The molecule has 0 aromatic rings. The maximum absolute atomic E-state index is 12.8. The lowest BCUT2D eigenvalue weighted by Gasteiger charge is -2.24. The van der Waals surface area contributed by atoms with Crippen molar-refractivity contribution in [1.82, 2.24) is 0 Å². The van der Waals surface area contributed by atoms with Gasteiger partial charge < -0.3 is 18.9 Å². The van der Waals surface area contributed by atoms with Gasteiger partial charge in [0.1, 0.15) is 19.8 Å². The molecule has 450 valence electrons. The first-order valence-electron chi connectivity index (χ1n) is 32.0. The molecule has 1 N–H and O–H groups in total. The summed E-state index contributed by atoms with van der Waals surface area (Å²) < 4.78 is 34.6. The standard InChI is InChI=1S/C68H120NO8P/c1-6-8-10-12-14-16-18-20-22-24-25-26-27-28-29-30-31-32-33-34-35-36-37-38-39-40-41-42-43-45-47-49-51-53-55-57-59-61-68(71)77-66(65-76-78(72,73)75-63-62-69(3,4)5)64-74-67(70)60-58-56-54-52-50-48-46-44-23-21-19-17-15-13-11-9-7-2/h8,10,14,16,20,22,25-26,28-29,31-32,34-35,37-38,66H,6-7,9,11-13,15,17-19,21,23-24,27,30,33,36,39-65H2,1-5H3/p+1/b10-8-,16-14-,22-20-,26-25-,29-28-,32-31-,35-34-,38-37-. The quantitative estimate of drug-likeness (QED) is 0.0211. The van der Waals surface area contributed by atoms with Crippen LogP contribution in [0, 0.1) is 0 Å². The fraction of sp³-hybridized carbons (Fsp3) is 0.735. The average Bonchev–Trinajstić information content (AvgIpc) is 3.41. The van der Waals surface area contributed by atoms with Crippen LogP contribution in [0.25, 0.3) is 0 Å². The zero-order chi connectivity index (χ0) is 57.0. The molecule has 10 heteroatoms. The molecule has 2 atom stereocenters. The number of hydrogen-bond acceptors (Lipinski definition) is 7. The van der Waals surface area contributed by atoms with Crippen LogP contribution >= 0.6 is 7.82 Å². The average molecular weight is 1110 g/mol. The van der Waals surface area contributed by atoms with Gasteiger partial charge in [-0.05, 0) is 77.0 Å². The van der Waals surface area contributed by atoms with Gasteiger partial charge in [0, 0.05) is 12.8 Å². The highest BCUT2D eigenvalue weighted by atomic mass is 31.2. The zero-order valence-electron chi connectivity index (χ0n) is 51.1. The van der Waals surface area contributed by atoms with Gasteiger partial charge in [0.15, 0.2) is 6.10 Å². The number of unbranched alkanes of at least 4 members (excludes halogenated alkanes) is 28. The van der Waals surface area contributed by atoms with E-state index in [0.29, 0.717) is 17.4 Å². The summed E-state index contributed by atoms with van der Waals surface area (Å²) in [6, 6.07) is 0. The molecule has 0 bridgehead atoms. The van der Waals surface area contributed by atoms with Crippen LogP contribution in [0.1, 0.15) is 271 Å². The fourth-order valence-electron chi connectivity index (χ4n) is 8.74. The Morgan fingerprint density at radius 2 is 0.731 bits per heavy atom. The maximum Gasteiger partial charge on any atom is 0.472 e. The highest BCUT2D eigenvalue weighted by molar-refractivity contribution is 7.47. The Labute approximate surface area is 481 Å². The highest BCUT2D eigenvalue weighted by Crippen LogP contribution is 2.43. The summed E-state index contributed by atoms with van der Waals surface area (Å²) in [5.74, 6) is -0.793. The predicted octanol–water partition coefficient (Wildman–Crippen LogP) is 20.4. The van der Waals surface area contributed by atoms with Crippen LogP contribution in [0.4, 0.5) is 0 Å². The van der Waals surface area contributed by atoms with Crippen LogP contribution in [-0.4, -0.2) is 74.9 Å². The fourth-order valence-corrected chi connectivity index (χ4v) is 9.48. The number of quaternary nitrogens is 1. The van der Waals surface area contributed by atoms with Crippen molar-refractivity contribution in [2.45, 2.75) is 277 Å². The van der Waals surface area contributed by atoms with E-state index in [2.05, 4.69) is 111 Å². The van der Waals surface area contributed by atoms with E-state index in [1.807, 2.05) is 21.1 Å². The first-order valence-corrected chi connectivity index (χ1v) is 33.5. The number of likely N-dealkylation sites (N-methyl/N-ethyl adjacent to an activating group) is 1. The lowest BCUT2D eigenvalue weighted by molar-refractivity contribution is -0.870. The van der Waals surface area contributed by atoms with Crippen molar-refractivity contribution in [1.29, 1.82) is 0 Å². The SMILES string of the molecule is CC/C=C\C/C=C\C/C=C\C/C=C\C/C=C\C/C=C\C/C=C\C/C=C\CCCCCCCCCCCCCCC(=O)OC(COC(=O)CCCCCCCCCCCCCCCCCCC)COP(=O)(O)OCC[N+](C)(C)C. The van der Waals surface area contributed by atoms with Crippen molar-refractivity contribution < 1.29 is 42.1 Å². The van der Waals surface area contributed by atoms with Gasteiger partial charge in [-0.15, -0.1) is 0 Å². The van der Waals surface area contributed by atoms with Crippen molar-refractivity contribution in [3.8, 4) is 0 Å². The predicted molar refractivity (Wildman–Crippen MR) is 335 cm³/mol. The molecule has 0 aromatic heterocycles. The summed E-state index contributed by atoms with van der Waals surface area (Å²) in [6.45, 7) is 4.34. The van der Waals surface area contributed by atoms with Crippen molar-refractivity contribution in [3.63, 3.8) is 0 Å². The molecule has 9 nitrogen and oxygen atoms in total. The third-order valence-electron chi connectivity index (χ3n) is 13.6. The van der Waals surface area contributed by atoms with Crippen molar-refractivity contribution >= 4 is 19.8 Å². The number of phosphoric acid groups is 1. The summed E-state index contributed by atoms with van der Waals surface area (Å²) in [5.41, 5.74) is 0. The molecule has 2 unspecified atom stereocenters. The van der Waals surface area contributed by atoms with Crippen LogP contribution < -0.4 is 0 Å². The normalized spacial score (nSPS) is 13.9. The van der Waals surface area contributed by atoms with Gasteiger partial charge >= 0.3 is 19.8 Å².